The molecule has 4 rings (SSSR count). The second-order valence-electron chi connectivity index (χ2n) is 6.79. The summed E-state index contributed by atoms with van der Waals surface area (Å²) in [5, 5.41) is 0. The van der Waals surface area contributed by atoms with Crippen LogP contribution in [0.2, 0.25) is 0 Å². The van der Waals surface area contributed by atoms with Crippen molar-refractivity contribution in [2.24, 2.45) is 5.92 Å². The molecule has 4 nitrogen and oxygen atoms in total. The van der Waals surface area contributed by atoms with Gasteiger partial charge in [-0.1, -0.05) is 6.92 Å². The maximum Gasteiger partial charge on any atom is 0.168 e. The molecule has 1 aliphatic heterocycles. The van der Waals surface area contributed by atoms with Crippen LogP contribution in [0.3, 0.4) is 0 Å². The van der Waals surface area contributed by atoms with Gasteiger partial charge in [0.05, 0.1) is 19.4 Å². The minimum Gasteiger partial charge on any atom is -0.493 e. The molecule has 2 aliphatic rings. The third-order valence-electron chi connectivity index (χ3n) is 5.07. The Hall–Kier alpha value is -2.23. The zero-order chi connectivity index (χ0) is 16.8. The first-order chi connectivity index (χ1) is 11.6. The SMILES string of the molecule is CCOc1cc2c(cc1OC)C(C)Cn1ccc(C(=O)C3CC3)c1-2. The zero-order valence-corrected chi connectivity index (χ0v) is 14.5. The molecule has 126 valence electrons. The second kappa shape index (κ2) is 5.69. The molecule has 0 radical (unpaired) electrons. The summed E-state index contributed by atoms with van der Waals surface area (Å²) in [4.78, 5) is 12.7. The number of nitrogens with zero attached hydrogens (tertiary/aromatic N) is 1. The number of ether oxygens (including phenoxy) is 2. The molecule has 24 heavy (non-hydrogen) atoms. The highest BCUT2D eigenvalue weighted by atomic mass is 16.5. The van der Waals surface area contributed by atoms with Crippen LogP contribution in [0.15, 0.2) is 24.4 Å². The quantitative estimate of drug-likeness (QED) is 0.771. The van der Waals surface area contributed by atoms with Crippen molar-refractivity contribution in [2.45, 2.75) is 39.2 Å². The van der Waals surface area contributed by atoms with Gasteiger partial charge in [0.2, 0.25) is 0 Å². The van der Waals surface area contributed by atoms with Crippen LogP contribution in [-0.4, -0.2) is 24.1 Å². The average Bonchev–Trinajstić information content (AvgIpc) is 3.34. The smallest absolute Gasteiger partial charge is 0.168 e. The summed E-state index contributed by atoms with van der Waals surface area (Å²) in [6, 6.07) is 6.11. The Balaban J connectivity index is 1.89. The third kappa shape index (κ3) is 2.32. The number of methoxy groups -OCH3 is 1. The lowest BCUT2D eigenvalue weighted by Gasteiger charge is -2.27. The first-order valence-electron chi connectivity index (χ1n) is 8.72. The van der Waals surface area contributed by atoms with Crippen molar-refractivity contribution < 1.29 is 14.3 Å². The van der Waals surface area contributed by atoms with Crippen LogP contribution in [-0.2, 0) is 6.54 Å². The van der Waals surface area contributed by atoms with Gasteiger partial charge in [-0.15, -0.1) is 0 Å². The molecule has 1 aromatic heterocycles. The van der Waals surface area contributed by atoms with Crippen LogP contribution in [0.4, 0.5) is 0 Å². The lowest BCUT2D eigenvalue weighted by atomic mass is 9.88. The van der Waals surface area contributed by atoms with Crippen molar-refractivity contribution in [3.63, 3.8) is 0 Å². The van der Waals surface area contributed by atoms with Crippen molar-refractivity contribution in [2.75, 3.05) is 13.7 Å². The topological polar surface area (TPSA) is 40.5 Å². The van der Waals surface area contributed by atoms with Gasteiger partial charge in [-0.2, -0.15) is 0 Å². The van der Waals surface area contributed by atoms with E-state index in [2.05, 4.69) is 23.8 Å². The number of ketones is 1. The van der Waals surface area contributed by atoms with E-state index in [-0.39, 0.29) is 11.7 Å². The van der Waals surface area contributed by atoms with E-state index in [1.807, 2.05) is 19.1 Å². The van der Waals surface area contributed by atoms with Gasteiger partial charge in [-0.3, -0.25) is 4.79 Å². The molecular weight excluding hydrogens is 302 g/mol. The largest absolute Gasteiger partial charge is 0.493 e. The van der Waals surface area contributed by atoms with E-state index in [0.717, 1.165) is 47.7 Å². The van der Waals surface area contributed by atoms with Gasteiger partial charge in [0.15, 0.2) is 17.3 Å². The second-order valence-corrected chi connectivity index (χ2v) is 6.79. The molecule has 0 N–H and O–H groups in total. The van der Waals surface area contributed by atoms with Gasteiger partial charge >= 0.3 is 0 Å². The maximum atomic E-state index is 12.7. The molecule has 1 unspecified atom stereocenters. The van der Waals surface area contributed by atoms with Gasteiger partial charge in [-0.05, 0) is 49.4 Å². The Bertz CT molecular complexity index is 801. The fraction of sp³-hybridized carbons (Fsp3) is 0.450. The lowest BCUT2D eigenvalue weighted by Crippen LogP contribution is -2.16. The van der Waals surface area contributed by atoms with Crippen molar-refractivity contribution in [1.29, 1.82) is 0 Å². The minimum absolute atomic E-state index is 0.226. The van der Waals surface area contributed by atoms with E-state index < -0.39 is 0 Å². The van der Waals surface area contributed by atoms with E-state index in [4.69, 9.17) is 9.47 Å². The maximum absolute atomic E-state index is 12.7. The summed E-state index contributed by atoms with van der Waals surface area (Å²) >= 11 is 0. The van der Waals surface area contributed by atoms with E-state index in [0.29, 0.717) is 12.5 Å². The van der Waals surface area contributed by atoms with Crippen LogP contribution >= 0.6 is 0 Å². The van der Waals surface area contributed by atoms with Crippen LogP contribution in [0.1, 0.15) is 48.5 Å². The number of benzene rings is 1. The van der Waals surface area contributed by atoms with Gasteiger partial charge in [0.1, 0.15) is 0 Å². The molecule has 0 saturated heterocycles. The van der Waals surface area contributed by atoms with Gasteiger partial charge in [0.25, 0.3) is 0 Å². The first-order valence-corrected chi connectivity index (χ1v) is 8.72. The Morgan fingerprint density at radius 3 is 2.75 bits per heavy atom. The predicted molar refractivity (Wildman–Crippen MR) is 93.1 cm³/mol. The van der Waals surface area contributed by atoms with Crippen molar-refractivity contribution in [1.82, 2.24) is 4.57 Å². The highest BCUT2D eigenvalue weighted by Gasteiger charge is 2.35. The first kappa shape index (κ1) is 15.3. The molecule has 0 spiro atoms. The van der Waals surface area contributed by atoms with E-state index in [1.54, 1.807) is 7.11 Å². The summed E-state index contributed by atoms with van der Waals surface area (Å²) in [6.45, 7) is 5.65. The van der Waals surface area contributed by atoms with Crippen LogP contribution in [0.5, 0.6) is 11.5 Å². The number of hydrogen-bond acceptors (Lipinski definition) is 3. The molecule has 0 amide bonds. The van der Waals surface area contributed by atoms with E-state index >= 15 is 0 Å². The molecule has 1 aliphatic carbocycles. The number of hydrogen-bond donors (Lipinski definition) is 0. The Labute approximate surface area is 142 Å². The van der Waals surface area contributed by atoms with Crippen LogP contribution < -0.4 is 9.47 Å². The highest BCUT2D eigenvalue weighted by molar-refractivity contribution is 6.05. The predicted octanol–water partition coefficient (Wildman–Crippen LogP) is 4.27. The Kier molecular flexibility index (Phi) is 3.63. The number of aromatic nitrogens is 1. The number of Topliss-reactive ketones (excluding diaryl/α,β-unsaturated/α-hetero) is 1. The molecule has 1 atom stereocenters. The summed E-state index contributed by atoms with van der Waals surface area (Å²) in [7, 11) is 1.67. The number of fused-ring (bicyclic) bond motifs is 3. The summed E-state index contributed by atoms with van der Waals surface area (Å²) < 4.78 is 13.5. The van der Waals surface area contributed by atoms with Gasteiger partial charge in [0, 0.05) is 29.8 Å². The normalized spacial score (nSPS) is 18.7. The number of carbonyl (C=O) groups excluding carboxylic acids is 1. The fourth-order valence-electron chi connectivity index (χ4n) is 3.70. The van der Waals surface area contributed by atoms with Gasteiger partial charge in [-0.25, -0.2) is 0 Å². The summed E-state index contributed by atoms with van der Waals surface area (Å²) in [5.74, 6) is 2.39. The third-order valence-corrected chi connectivity index (χ3v) is 5.07. The standard InChI is InChI=1S/C20H23NO3/c1-4-24-18-10-16-15(9-17(18)23-3)12(2)11-21-8-7-14(19(16)21)20(22)13-5-6-13/h7-10,12-13H,4-6,11H2,1-3H3. The molecular formula is C20H23NO3. The summed E-state index contributed by atoms with van der Waals surface area (Å²) in [5.41, 5.74) is 4.24. The monoisotopic (exact) mass is 325 g/mol. The lowest BCUT2D eigenvalue weighted by molar-refractivity contribution is 0.0968. The molecule has 1 fully saturated rings. The fourth-order valence-corrected chi connectivity index (χ4v) is 3.70. The summed E-state index contributed by atoms with van der Waals surface area (Å²) in [6.07, 6.45) is 4.11. The number of rotatable bonds is 5. The van der Waals surface area contributed by atoms with Crippen molar-refractivity contribution >= 4 is 5.78 Å². The Morgan fingerprint density at radius 2 is 2.08 bits per heavy atom. The van der Waals surface area contributed by atoms with Crippen LogP contribution in [0.25, 0.3) is 11.3 Å². The van der Waals surface area contributed by atoms with Crippen LogP contribution in [0, 0.1) is 5.92 Å². The zero-order valence-electron chi connectivity index (χ0n) is 14.5. The van der Waals surface area contributed by atoms with Gasteiger partial charge < -0.3 is 14.0 Å². The molecule has 0 bridgehead atoms. The molecule has 4 heteroatoms. The number of carbonyl (C=O) groups is 1. The molecule has 2 aromatic rings. The molecule has 2 heterocycles. The Morgan fingerprint density at radius 1 is 1.29 bits per heavy atom. The van der Waals surface area contributed by atoms with Crippen molar-refractivity contribution in [3.8, 4) is 22.8 Å². The highest BCUT2D eigenvalue weighted by Crippen LogP contribution is 2.45. The molecule has 1 aromatic carbocycles. The van der Waals surface area contributed by atoms with Crippen molar-refractivity contribution in [3.05, 3.63) is 35.5 Å². The van der Waals surface area contributed by atoms with E-state index in [9.17, 15) is 4.79 Å². The molecule has 1 saturated carbocycles. The average molecular weight is 325 g/mol. The minimum atomic E-state index is 0.226. The van der Waals surface area contributed by atoms with E-state index in [1.165, 1.54) is 5.56 Å².